The Bertz CT molecular complexity index is 321. The summed E-state index contributed by atoms with van der Waals surface area (Å²) in [6, 6.07) is 0. The molecule has 0 amide bonds. The minimum atomic E-state index is 0.390. The topological polar surface area (TPSA) is 29.0 Å². The minimum absolute atomic E-state index is 0.390. The van der Waals surface area contributed by atoms with Gasteiger partial charge in [0.2, 0.25) is 0 Å². The van der Waals surface area contributed by atoms with Crippen molar-refractivity contribution in [2.24, 2.45) is 5.41 Å². The largest absolute Gasteiger partial charge is 0.355 e. The van der Waals surface area contributed by atoms with Crippen LogP contribution in [0.15, 0.2) is 12.4 Å². The van der Waals surface area contributed by atoms with Crippen LogP contribution in [0.4, 0.5) is 5.82 Å². The molecule has 0 aliphatic carbocycles. The summed E-state index contributed by atoms with van der Waals surface area (Å²) in [6.07, 6.45) is 4.54. The minimum Gasteiger partial charge on any atom is -0.355 e. The van der Waals surface area contributed by atoms with Gasteiger partial charge in [-0.25, -0.2) is 9.97 Å². The molecular weight excluding hydrogens is 198 g/mol. The first kappa shape index (κ1) is 9.71. The van der Waals surface area contributed by atoms with Gasteiger partial charge in [0, 0.05) is 13.1 Å². The summed E-state index contributed by atoms with van der Waals surface area (Å²) in [5, 5.41) is 0.451. The second kappa shape index (κ2) is 3.39. The van der Waals surface area contributed by atoms with Crippen LogP contribution in [0.5, 0.6) is 0 Å². The number of hydrogen-bond acceptors (Lipinski definition) is 3. The highest BCUT2D eigenvalue weighted by atomic mass is 35.5. The fourth-order valence-electron chi connectivity index (χ4n) is 1.78. The van der Waals surface area contributed by atoms with Gasteiger partial charge in [-0.3, -0.25) is 0 Å². The van der Waals surface area contributed by atoms with Gasteiger partial charge >= 0.3 is 0 Å². The van der Waals surface area contributed by atoms with E-state index in [1.165, 1.54) is 6.42 Å². The van der Waals surface area contributed by atoms with E-state index in [1.54, 1.807) is 12.4 Å². The second-order valence-electron chi connectivity index (χ2n) is 4.53. The van der Waals surface area contributed by atoms with E-state index in [-0.39, 0.29) is 0 Å². The lowest BCUT2D eigenvalue weighted by Gasteiger charge is -2.20. The quantitative estimate of drug-likeness (QED) is 0.714. The Balaban J connectivity index is 2.14. The predicted molar refractivity (Wildman–Crippen MR) is 57.7 cm³/mol. The maximum absolute atomic E-state index is 5.68. The summed E-state index contributed by atoms with van der Waals surface area (Å²) in [6.45, 7) is 6.65. The van der Waals surface area contributed by atoms with Crippen molar-refractivity contribution in [2.75, 3.05) is 18.0 Å². The van der Waals surface area contributed by atoms with Crippen molar-refractivity contribution in [3.05, 3.63) is 17.5 Å². The van der Waals surface area contributed by atoms with Crippen molar-refractivity contribution < 1.29 is 0 Å². The van der Waals surface area contributed by atoms with Gasteiger partial charge in [-0.1, -0.05) is 25.4 Å². The van der Waals surface area contributed by atoms with Crippen LogP contribution in [-0.2, 0) is 0 Å². The molecule has 0 unspecified atom stereocenters. The molecule has 2 heterocycles. The van der Waals surface area contributed by atoms with E-state index < -0.39 is 0 Å². The summed E-state index contributed by atoms with van der Waals surface area (Å²) < 4.78 is 0. The van der Waals surface area contributed by atoms with Crippen molar-refractivity contribution in [2.45, 2.75) is 20.3 Å². The first-order valence-electron chi connectivity index (χ1n) is 4.79. The van der Waals surface area contributed by atoms with Gasteiger partial charge in [-0.15, -0.1) is 0 Å². The zero-order valence-electron chi connectivity index (χ0n) is 8.50. The number of aromatic nitrogens is 2. The predicted octanol–water partition coefficient (Wildman–Crippen LogP) is 2.37. The molecule has 0 atom stereocenters. The Hall–Kier alpha value is -0.830. The molecule has 0 N–H and O–H groups in total. The van der Waals surface area contributed by atoms with Crippen molar-refractivity contribution in [1.29, 1.82) is 0 Å². The Kier molecular flexibility index (Phi) is 2.35. The molecule has 1 fully saturated rings. The maximum atomic E-state index is 5.68. The lowest BCUT2D eigenvalue weighted by molar-refractivity contribution is 0.418. The number of hydrogen-bond donors (Lipinski definition) is 0. The first-order chi connectivity index (χ1) is 6.57. The van der Waals surface area contributed by atoms with Gasteiger partial charge in [-0.05, 0) is 11.8 Å². The molecule has 0 aromatic carbocycles. The van der Waals surface area contributed by atoms with Crippen LogP contribution in [-0.4, -0.2) is 23.1 Å². The van der Waals surface area contributed by atoms with E-state index in [4.69, 9.17) is 11.6 Å². The number of anilines is 1. The average molecular weight is 212 g/mol. The van der Waals surface area contributed by atoms with Crippen molar-refractivity contribution in [3.63, 3.8) is 0 Å². The molecule has 1 aliphatic heterocycles. The van der Waals surface area contributed by atoms with Crippen LogP contribution < -0.4 is 4.90 Å². The van der Waals surface area contributed by atoms with Crippen LogP contribution in [0.2, 0.25) is 5.15 Å². The molecule has 0 bridgehead atoms. The molecule has 1 aliphatic rings. The maximum Gasteiger partial charge on any atom is 0.147 e. The van der Waals surface area contributed by atoms with Crippen molar-refractivity contribution in [3.8, 4) is 0 Å². The van der Waals surface area contributed by atoms with Crippen LogP contribution in [0, 0.1) is 5.41 Å². The van der Waals surface area contributed by atoms with Crippen LogP contribution in [0.25, 0.3) is 0 Å². The fourth-order valence-corrected chi connectivity index (χ4v) is 1.87. The zero-order chi connectivity index (χ0) is 10.2. The van der Waals surface area contributed by atoms with Crippen molar-refractivity contribution >= 4 is 17.4 Å². The van der Waals surface area contributed by atoms with E-state index in [0.29, 0.717) is 10.6 Å². The highest BCUT2D eigenvalue weighted by molar-refractivity contribution is 6.29. The van der Waals surface area contributed by atoms with Gasteiger partial charge in [0.15, 0.2) is 0 Å². The molecular formula is C10H14ClN3. The summed E-state index contributed by atoms with van der Waals surface area (Å²) >= 11 is 5.68. The van der Waals surface area contributed by atoms with Gasteiger partial charge in [0.05, 0.1) is 12.4 Å². The highest BCUT2D eigenvalue weighted by Crippen LogP contribution is 2.31. The van der Waals surface area contributed by atoms with E-state index in [2.05, 4.69) is 28.7 Å². The molecule has 0 saturated carbocycles. The summed E-state index contributed by atoms with van der Waals surface area (Å²) in [4.78, 5) is 10.5. The van der Waals surface area contributed by atoms with Gasteiger partial charge < -0.3 is 4.90 Å². The average Bonchev–Trinajstić information content (AvgIpc) is 2.47. The van der Waals surface area contributed by atoms with Crippen LogP contribution in [0.3, 0.4) is 0 Å². The summed E-state index contributed by atoms with van der Waals surface area (Å²) in [5.41, 5.74) is 0.390. The Morgan fingerprint density at radius 2 is 2.14 bits per heavy atom. The third-order valence-corrected chi connectivity index (χ3v) is 2.80. The monoisotopic (exact) mass is 211 g/mol. The fraction of sp³-hybridized carbons (Fsp3) is 0.600. The molecule has 3 nitrogen and oxygen atoms in total. The molecule has 4 heteroatoms. The molecule has 1 aromatic rings. The van der Waals surface area contributed by atoms with E-state index in [1.807, 2.05) is 0 Å². The zero-order valence-corrected chi connectivity index (χ0v) is 9.25. The van der Waals surface area contributed by atoms with Gasteiger partial charge in [-0.2, -0.15) is 0 Å². The van der Waals surface area contributed by atoms with Crippen LogP contribution in [0.1, 0.15) is 20.3 Å². The van der Waals surface area contributed by atoms with E-state index in [0.717, 1.165) is 18.9 Å². The van der Waals surface area contributed by atoms with Crippen LogP contribution >= 0.6 is 11.6 Å². The lowest BCUT2D eigenvalue weighted by atomic mass is 9.93. The molecule has 0 radical (unpaired) electrons. The summed E-state index contributed by atoms with van der Waals surface area (Å²) in [7, 11) is 0. The van der Waals surface area contributed by atoms with E-state index in [9.17, 15) is 0 Å². The molecule has 2 rings (SSSR count). The molecule has 14 heavy (non-hydrogen) atoms. The third kappa shape index (κ3) is 1.98. The lowest BCUT2D eigenvalue weighted by Crippen LogP contribution is -2.23. The molecule has 76 valence electrons. The van der Waals surface area contributed by atoms with Crippen molar-refractivity contribution in [1.82, 2.24) is 9.97 Å². The Morgan fingerprint density at radius 3 is 2.64 bits per heavy atom. The molecule has 1 aromatic heterocycles. The molecule has 1 saturated heterocycles. The highest BCUT2D eigenvalue weighted by Gasteiger charge is 2.29. The van der Waals surface area contributed by atoms with E-state index >= 15 is 0 Å². The summed E-state index contributed by atoms with van der Waals surface area (Å²) in [5.74, 6) is 0.931. The normalized spacial score (nSPS) is 20.1. The first-order valence-corrected chi connectivity index (χ1v) is 5.17. The number of nitrogens with zero attached hydrogens (tertiary/aromatic N) is 3. The SMILES string of the molecule is CC1(C)CCN(c2cnc(Cl)cn2)C1. The molecule has 0 spiro atoms. The smallest absolute Gasteiger partial charge is 0.147 e. The van der Waals surface area contributed by atoms with Gasteiger partial charge in [0.25, 0.3) is 0 Å². The standard InChI is InChI=1S/C10H14ClN3/c1-10(2)3-4-14(7-10)9-6-12-8(11)5-13-9/h5-6H,3-4,7H2,1-2H3. The third-order valence-electron chi connectivity index (χ3n) is 2.61. The number of halogens is 1. The number of rotatable bonds is 1. The second-order valence-corrected chi connectivity index (χ2v) is 4.92. The van der Waals surface area contributed by atoms with Gasteiger partial charge in [0.1, 0.15) is 11.0 Å². The Morgan fingerprint density at radius 1 is 1.36 bits per heavy atom. The Labute approximate surface area is 89.1 Å².